The first kappa shape index (κ1) is 16.5. The summed E-state index contributed by atoms with van der Waals surface area (Å²) in [6, 6.07) is 7.05. The Hall–Kier alpha value is -1.31. The minimum atomic E-state index is -0.337. The van der Waals surface area contributed by atoms with E-state index >= 15 is 0 Å². The molecular formula is C21H30O2. The van der Waals surface area contributed by atoms with Crippen molar-refractivity contribution in [3.8, 4) is 0 Å². The second kappa shape index (κ2) is 5.65. The number of carbonyl (C=O) groups excluding carboxylic acids is 1. The first-order valence-corrected chi connectivity index (χ1v) is 9.04. The van der Waals surface area contributed by atoms with Crippen LogP contribution in [0.1, 0.15) is 76.0 Å². The van der Waals surface area contributed by atoms with Gasteiger partial charge in [0, 0.05) is 0 Å². The maximum Gasteiger partial charge on any atom is 0.311 e. The molecule has 2 nitrogen and oxygen atoms in total. The lowest BCUT2D eigenvalue weighted by atomic mass is 9.49. The highest BCUT2D eigenvalue weighted by Crippen LogP contribution is 2.57. The molecule has 2 aliphatic carbocycles. The Labute approximate surface area is 140 Å². The van der Waals surface area contributed by atoms with Gasteiger partial charge in [0.05, 0.1) is 12.5 Å². The lowest BCUT2D eigenvalue weighted by Gasteiger charge is -2.54. The molecule has 2 aliphatic rings. The Balaban J connectivity index is 2.06. The van der Waals surface area contributed by atoms with E-state index in [1.165, 1.54) is 30.2 Å². The molecule has 1 saturated carbocycles. The van der Waals surface area contributed by atoms with Crippen LogP contribution in [0.25, 0.3) is 0 Å². The topological polar surface area (TPSA) is 26.3 Å². The fourth-order valence-electron chi connectivity index (χ4n) is 5.35. The van der Waals surface area contributed by atoms with Crippen molar-refractivity contribution < 1.29 is 9.53 Å². The number of benzene rings is 1. The van der Waals surface area contributed by atoms with Gasteiger partial charge in [-0.15, -0.1) is 0 Å². The van der Waals surface area contributed by atoms with Crippen molar-refractivity contribution in [1.29, 1.82) is 0 Å². The Morgan fingerprint density at radius 1 is 1.26 bits per heavy atom. The lowest BCUT2D eigenvalue weighted by Crippen LogP contribution is -2.52. The molecule has 3 atom stereocenters. The number of methoxy groups -OCH3 is 1. The monoisotopic (exact) mass is 314 g/mol. The molecule has 23 heavy (non-hydrogen) atoms. The number of fused-ring (bicyclic) bond motifs is 3. The van der Waals surface area contributed by atoms with Gasteiger partial charge in [0.25, 0.3) is 0 Å². The molecule has 0 heterocycles. The maximum absolute atomic E-state index is 12.5. The largest absolute Gasteiger partial charge is 0.469 e. The van der Waals surface area contributed by atoms with Crippen LogP contribution in [0.5, 0.6) is 0 Å². The van der Waals surface area contributed by atoms with Crippen molar-refractivity contribution in [3.05, 3.63) is 34.9 Å². The minimum Gasteiger partial charge on any atom is -0.469 e. The molecule has 0 bridgehead atoms. The fraction of sp³-hybridized carbons (Fsp3) is 0.667. The second-order valence-electron chi connectivity index (χ2n) is 8.34. The number of aryl methyl sites for hydroxylation is 1. The molecule has 2 heteroatoms. The summed E-state index contributed by atoms with van der Waals surface area (Å²) in [5, 5.41) is 0. The number of hydrogen-bond acceptors (Lipinski definition) is 2. The van der Waals surface area contributed by atoms with Gasteiger partial charge in [-0.3, -0.25) is 4.79 Å². The zero-order valence-corrected chi connectivity index (χ0v) is 15.2. The highest BCUT2D eigenvalue weighted by molar-refractivity contribution is 5.77. The quantitative estimate of drug-likeness (QED) is 0.719. The summed E-state index contributed by atoms with van der Waals surface area (Å²) in [6.07, 6.45) is 5.42. The van der Waals surface area contributed by atoms with Crippen LogP contribution in [-0.4, -0.2) is 13.1 Å². The van der Waals surface area contributed by atoms with E-state index in [1.807, 2.05) is 0 Å². The number of hydrogen-bond donors (Lipinski definition) is 0. The molecule has 126 valence electrons. The van der Waals surface area contributed by atoms with E-state index in [4.69, 9.17) is 4.74 Å². The Bertz CT molecular complexity index is 618. The van der Waals surface area contributed by atoms with E-state index in [0.29, 0.717) is 11.8 Å². The van der Waals surface area contributed by atoms with Crippen LogP contribution in [0.2, 0.25) is 0 Å². The Kier molecular flexibility index (Phi) is 4.06. The van der Waals surface area contributed by atoms with E-state index in [2.05, 4.69) is 45.9 Å². The van der Waals surface area contributed by atoms with Crippen LogP contribution in [0, 0.1) is 11.3 Å². The van der Waals surface area contributed by atoms with Crippen LogP contribution >= 0.6 is 0 Å². The van der Waals surface area contributed by atoms with Crippen molar-refractivity contribution >= 4 is 5.97 Å². The second-order valence-corrected chi connectivity index (χ2v) is 8.34. The molecular weight excluding hydrogens is 284 g/mol. The van der Waals surface area contributed by atoms with Crippen LogP contribution < -0.4 is 0 Å². The summed E-state index contributed by atoms with van der Waals surface area (Å²) < 4.78 is 5.19. The number of carbonyl (C=O) groups is 1. The number of rotatable bonds is 2. The smallest absolute Gasteiger partial charge is 0.311 e. The highest BCUT2D eigenvalue weighted by atomic mass is 16.5. The van der Waals surface area contributed by atoms with Gasteiger partial charge in [-0.25, -0.2) is 0 Å². The third-order valence-electron chi connectivity index (χ3n) is 6.70. The molecule has 1 fully saturated rings. The average molecular weight is 314 g/mol. The third kappa shape index (κ3) is 2.42. The first-order chi connectivity index (χ1) is 10.8. The minimum absolute atomic E-state index is 0.0179. The van der Waals surface area contributed by atoms with Gasteiger partial charge in [-0.2, -0.15) is 0 Å². The summed E-state index contributed by atoms with van der Waals surface area (Å²) in [4.78, 5) is 12.5. The average Bonchev–Trinajstić information content (AvgIpc) is 2.53. The zero-order chi connectivity index (χ0) is 16.8. The lowest BCUT2D eigenvalue weighted by molar-refractivity contribution is -0.161. The SMILES string of the molecule is COC(=O)[C@]1(C)CCC[C@@]2(C)c3ccc(C(C)C)cc3CC[C@@H]12. The van der Waals surface area contributed by atoms with Crippen molar-refractivity contribution in [1.82, 2.24) is 0 Å². The normalized spacial score (nSPS) is 33.0. The summed E-state index contributed by atoms with van der Waals surface area (Å²) in [7, 11) is 1.53. The van der Waals surface area contributed by atoms with Crippen molar-refractivity contribution in [2.45, 2.75) is 71.1 Å². The summed E-state index contributed by atoms with van der Waals surface area (Å²) >= 11 is 0. The summed E-state index contributed by atoms with van der Waals surface area (Å²) in [5.74, 6) is 0.932. The highest BCUT2D eigenvalue weighted by Gasteiger charge is 2.55. The Morgan fingerprint density at radius 2 is 2.00 bits per heavy atom. The van der Waals surface area contributed by atoms with Crippen LogP contribution in [-0.2, 0) is 21.4 Å². The molecule has 0 N–H and O–H groups in total. The molecule has 0 aliphatic heterocycles. The van der Waals surface area contributed by atoms with Crippen molar-refractivity contribution in [2.24, 2.45) is 11.3 Å². The summed E-state index contributed by atoms with van der Waals surface area (Å²) in [6.45, 7) is 9.02. The van der Waals surface area contributed by atoms with Gasteiger partial charge in [0.2, 0.25) is 0 Å². The van der Waals surface area contributed by atoms with Crippen LogP contribution in [0.4, 0.5) is 0 Å². The van der Waals surface area contributed by atoms with Crippen LogP contribution in [0.3, 0.4) is 0 Å². The van der Waals surface area contributed by atoms with E-state index in [-0.39, 0.29) is 16.8 Å². The van der Waals surface area contributed by atoms with Gasteiger partial charge in [0.15, 0.2) is 0 Å². The number of esters is 1. The summed E-state index contributed by atoms with van der Waals surface area (Å²) in [5.41, 5.74) is 4.18. The van der Waals surface area contributed by atoms with Crippen molar-refractivity contribution in [2.75, 3.05) is 7.11 Å². The zero-order valence-electron chi connectivity index (χ0n) is 15.2. The predicted molar refractivity (Wildman–Crippen MR) is 93.7 cm³/mol. The molecule has 0 aromatic heterocycles. The predicted octanol–water partition coefficient (Wildman–Crippen LogP) is 4.99. The standard InChI is InChI=1S/C21H30O2/c1-14(2)15-7-9-17-16(13-15)8-10-18-20(17,3)11-6-12-21(18,4)19(22)23-5/h7,9,13-14,18H,6,8,10-12H2,1-5H3/t18-,20+,21-/m1/s1. The maximum atomic E-state index is 12.5. The molecule has 1 aromatic rings. The molecule has 0 saturated heterocycles. The van der Waals surface area contributed by atoms with Gasteiger partial charge in [-0.05, 0) is 66.5 Å². The molecule has 0 amide bonds. The first-order valence-electron chi connectivity index (χ1n) is 9.04. The van der Waals surface area contributed by atoms with E-state index < -0.39 is 0 Å². The third-order valence-corrected chi connectivity index (χ3v) is 6.70. The van der Waals surface area contributed by atoms with E-state index in [0.717, 1.165) is 25.7 Å². The van der Waals surface area contributed by atoms with Gasteiger partial charge in [0.1, 0.15) is 0 Å². The van der Waals surface area contributed by atoms with E-state index in [9.17, 15) is 4.79 Å². The van der Waals surface area contributed by atoms with Crippen LogP contribution in [0.15, 0.2) is 18.2 Å². The molecule has 1 aromatic carbocycles. The molecule has 3 rings (SSSR count). The van der Waals surface area contributed by atoms with Gasteiger partial charge in [-0.1, -0.05) is 45.4 Å². The van der Waals surface area contributed by atoms with Crippen molar-refractivity contribution in [3.63, 3.8) is 0 Å². The van der Waals surface area contributed by atoms with E-state index in [1.54, 1.807) is 0 Å². The molecule has 0 radical (unpaired) electrons. The molecule has 0 unspecified atom stereocenters. The van der Waals surface area contributed by atoms with Gasteiger partial charge >= 0.3 is 5.97 Å². The molecule has 0 spiro atoms. The number of ether oxygens (including phenoxy) is 1. The van der Waals surface area contributed by atoms with Gasteiger partial charge < -0.3 is 4.74 Å². The Morgan fingerprint density at radius 3 is 2.65 bits per heavy atom. The fourth-order valence-corrected chi connectivity index (χ4v) is 5.35.